The number of aromatic nitrogens is 1. The fourth-order valence-electron chi connectivity index (χ4n) is 3.00. The summed E-state index contributed by atoms with van der Waals surface area (Å²) >= 11 is 0. The number of carbonyl (C=O) groups is 2. The van der Waals surface area contributed by atoms with Gasteiger partial charge < -0.3 is 14.6 Å². The molecule has 1 N–H and O–H groups in total. The van der Waals surface area contributed by atoms with Gasteiger partial charge in [0.1, 0.15) is 12.6 Å². The third-order valence-electron chi connectivity index (χ3n) is 4.20. The highest BCUT2D eigenvalue weighted by atomic mass is 16.5. The maximum absolute atomic E-state index is 12.7. The van der Waals surface area contributed by atoms with Crippen LogP contribution in [0.5, 0.6) is 0 Å². The Kier molecular flexibility index (Phi) is 5.02. The number of ether oxygens (including phenoxy) is 1. The smallest absolute Gasteiger partial charge is 0.328 e. The minimum Gasteiger partial charge on any atom is -0.464 e. The predicted octanol–water partition coefficient (Wildman–Crippen LogP) is 2.22. The van der Waals surface area contributed by atoms with Crippen molar-refractivity contribution in [2.45, 2.75) is 26.4 Å². The molecule has 3 rings (SSSR count). The molecule has 1 unspecified atom stereocenters. The van der Waals surface area contributed by atoms with Crippen LogP contribution >= 0.6 is 0 Å². The molecule has 0 spiro atoms. The van der Waals surface area contributed by atoms with E-state index >= 15 is 0 Å². The van der Waals surface area contributed by atoms with Gasteiger partial charge in [0.25, 0.3) is 0 Å². The Balaban J connectivity index is 2.01. The first kappa shape index (κ1) is 17.7. The second-order valence-electron chi connectivity index (χ2n) is 5.99. The molecule has 0 saturated heterocycles. The van der Waals surface area contributed by atoms with Crippen LogP contribution in [0.1, 0.15) is 13.8 Å². The Hall–Kier alpha value is -3.15. The molecule has 3 aromatic rings. The van der Waals surface area contributed by atoms with Crippen LogP contribution in [-0.4, -0.2) is 29.1 Å². The molecule has 0 radical (unpaired) electrons. The predicted molar refractivity (Wildman–Crippen MR) is 100.0 cm³/mol. The second kappa shape index (κ2) is 7.39. The number of nitrogens with zero attached hydrogens (tertiary/aromatic N) is 1. The Morgan fingerprint density at radius 1 is 1.04 bits per heavy atom. The Labute approximate surface area is 150 Å². The van der Waals surface area contributed by atoms with E-state index < -0.39 is 12.0 Å². The summed E-state index contributed by atoms with van der Waals surface area (Å²) in [5, 5.41) is 3.75. The van der Waals surface area contributed by atoms with Crippen molar-refractivity contribution >= 4 is 33.7 Å². The van der Waals surface area contributed by atoms with Crippen molar-refractivity contribution in [1.29, 1.82) is 0 Å². The van der Waals surface area contributed by atoms with Crippen molar-refractivity contribution in [2.24, 2.45) is 0 Å². The molecule has 1 amide bonds. The number of nitrogens with one attached hydrogen (secondary N) is 1. The van der Waals surface area contributed by atoms with Crippen molar-refractivity contribution in [3.63, 3.8) is 0 Å². The summed E-state index contributed by atoms with van der Waals surface area (Å²) < 4.78 is 6.70. The summed E-state index contributed by atoms with van der Waals surface area (Å²) in [6.07, 6.45) is 0. The van der Waals surface area contributed by atoms with Gasteiger partial charge in [0.05, 0.1) is 17.6 Å². The van der Waals surface area contributed by atoms with E-state index in [0.29, 0.717) is 21.8 Å². The Morgan fingerprint density at radius 2 is 1.58 bits per heavy atom. The number of benzene rings is 2. The lowest BCUT2D eigenvalue weighted by Crippen LogP contribution is -2.41. The number of rotatable bonds is 5. The van der Waals surface area contributed by atoms with E-state index in [0.717, 1.165) is 0 Å². The van der Waals surface area contributed by atoms with Crippen molar-refractivity contribution in [1.82, 2.24) is 9.88 Å². The van der Waals surface area contributed by atoms with E-state index in [1.807, 2.05) is 24.3 Å². The number of carbonyl (C=O) groups excluding carboxylic acids is 2. The molecule has 26 heavy (non-hydrogen) atoms. The largest absolute Gasteiger partial charge is 0.464 e. The summed E-state index contributed by atoms with van der Waals surface area (Å²) in [6, 6.07) is 13.6. The number of para-hydroxylation sites is 2. The first-order valence-corrected chi connectivity index (χ1v) is 8.49. The number of pyridine rings is 1. The first-order chi connectivity index (χ1) is 12.5. The molecule has 1 atom stereocenters. The lowest BCUT2D eigenvalue weighted by molar-refractivity contribution is -0.146. The first-order valence-electron chi connectivity index (χ1n) is 8.49. The number of hydrogen-bond donors (Lipinski definition) is 1. The lowest BCUT2D eigenvalue weighted by atomic mass is 10.1. The van der Waals surface area contributed by atoms with Gasteiger partial charge in [-0.2, -0.15) is 0 Å². The average molecular weight is 352 g/mol. The topological polar surface area (TPSA) is 77.4 Å². The molecule has 1 heterocycles. The van der Waals surface area contributed by atoms with Crippen LogP contribution in [-0.2, 0) is 20.9 Å². The zero-order valence-electron chi connectivity index (χ0n) is 14.7. The summed E-state index contributed by atoms with van der Waals surface area (Å²) in [6.45, 7) is 3.54. The highest BCUT2D eigenvalue weighted by Gasteiger charge is 2.18. The number of esters is 1. The van der Waals surface area contributed by atoms with Crippen molar-refractivity contribution < 1.29 is 14.3 Å². The molecule has 134 valence electrons. The van der Waals surface area contributed by atoms with E-state index in [1.54, 1.807) is 42.7 Å². The number of hydrogen-bond acceptors (Lipinski definition) is 4. The summed E-state index contributed by atoms with van der Waals surface area (Å²) in [4.78, 5) is 36.9. The van der Waals surface area contributed by atoms with Gasteiger partial charge in [-0.25, -0.2) is 4.79 Å². The standard InChI is InChI=1S/C20H20N2O4/c1-3-26-20(25)13(2)21-18(23)12-22-16-10-6-4-8-14(16)19(24)15-9-5-7-11-17(15)22/h4-11,13H,3,12H2,1-2H3,(H,21,23). The minimum absolute atomic E-state index is 0.00888. The van der Waals surface area contributed by atoms with Crippen LogP contribution in [0.2, 0.25) is 0 Å². The van der Waals surface area contributed by atoms with Gasteiger partial charge in [0, 0.05) is 10.8 Å². The van der Waals surface area contributed by atoms with Crippen molar-refractivity contribution in [3.8, 4) is 0 Å². The molecule has 6 heteroatoms. The average Bonchev–Trinajstić information content (AvgIpc) is 2.65. The molecule has 0 aliphatic rings. The number of fused-ring (bicyclic) bond motifs is 2. The summed E-state index contributed by atoms with van der Waals surface area (Å²) in [7, 11) is 0. The van der Waals surface area contributed by atoms with E-state index in [9.17, 15) is 14.4 Å². The molecule has 0 aliphatic heterocycles. The molecule has 0 saturated carbocycles. The summed E-state index contributed by atoms with van der Waals surface area (Å²) in [5.74, 6) is -0.806. The zero-order valence-corrected chi connectivity index (χ0v) is 14.7. The van der Waals surface area contributed by atoms with Crippen LogP contribution < -0.4 is 10.7 Å². The number of amides is 1. The van der Waals surface area contributed by atoms with Crippen molar-refractivity contribution in [3.05, 3.63) is 58.8 Å². The van der Waals surface area contributed by atoms with Crippen LogP contribution in [0, 0.1) is 0 Å². The van der Waals surface area contributed by atoms with Gasteiger partial charge in [0.2, 0.25) is 5.91 Å². The SMILES string of the molecule is CCOC(=O)C(C)NC(=O)Cn1c2ccccc2c(=O)c2ccccc21. The second-order valence-corrected chi connectivity index (χ2v) is 5.99. The third kappa shape index (κ3) is 3.31. The molecule has 1 aromatic heterocycles. The van der Waals surface area contributed by atoms with Gasteiger partial charge in [-0.15, -0.1) is 0 Å². The molecule has 6 nitrogen and oxygen atoms in total. The quantitative estimate of drug-likeness (QED) is 0.564. The molecule has 0 fully saturated rings. The molecular formula is C20H20N2O4. The van der Waals surface area contributed by atoms with E-state index in [2.05, 4.69) is 5.32 Å². The highest BCUT2D eigenvalue weighted by molar-refractivity contribution is 5.95. The summed E-state index contributed by atoms with van der Waals surface area (Å²) in [5.41, 5.74) is 1.29. The van der Waals surface area contributed by atoms with Crippen molar-refractivity contribution in [2.75, 3.05) is 6.61 Å². The van der Waals surface area contributed by atoms with Crippen LogP contribution in [0.25, 0.3) is 21.8 Å². The van der Waals surface area contributed by atoms with E-state index in [-0.39, 0.29) is 24.5 Å². The van der Waals surface area contributed by atoms with Gasteiger partial charge in [-0.1, -0.05) is 24.3 Å². The maximum atomic E-state index is 12.7. The van der Waals surface area contributed by atoms with Gasteiger partial charge in [-0.3, -0.25) is 9.59 Å². The fraction of sp³-hybridized carbons (Fsp3) is 0.250. The lowest BCUT2D eigenvalue weighted by Gasteiger charge is -2.17. The molecule has 0 bridgehead atoms. The third-order valence-corrected chi connectivity index (χ3v) is 4.20. The van der Waals surface area contributed by atoms with Gasteiger partial charge >= 0.3 is 5.97 Å². The normalized spacial score (nSPS) is 12.1. The minimum atomic E-state index is -0.737. The van der Waals surface area contributed by atoms with Crippen LogP contribution in [0.4, 0.5) is 0 Å². The molecular weight excluding hydrogens is 332 g/mol. The monoisotopic (exact) mass is 352 g/mol. The van der Waals surface area contributed by atoms with Gasteiger partial charge in [0.15, 0.2) is 5.43 Å². The molecule has 2 aromatic carbocycles. The van der Waals surface area contributed by atoms with E-state index in [1.165, 1.54) is 0 Å². The Morgan fingerprint density at radius 3 is 2.12 bits per heavy atom. The van der Waals surface area contributed by atoms with E-state index in [4.69, 9.17) is 4.74 Å². The molecule has 0 aliphatic carbocycles. The van der Waals surface area contributed by atoms with Gasteiger partial charge in [-0.05, 0) is 38.1 Å². The Bertz CT molecular complexity index is 979. The highest BCUT2D eigenvalue weighted by Crippen LogP contribution is 2.18. The zero-order chi connectivity index (χ0) is 18.7. The maximum Gasteiger partial charge on any atom is 0.328 e. The van der Waals surface area contributed by atoms with Crippen LogP contribution in [0.3, 0.4) is 0 Å². The van der Waals surface area contributed by atoms with Crippen LogP contribution in [0.15, 0.2) is 53.3 Å². The fourth-order valence-corrected chi connectivity index (χ4v) is 3.00.